The molecule has 4 rings (SSSR count). The summed E-state index contributed by atoms with van der Waals surface area (Å²) in [6, 6.07) is 11.2. The minimum atomic E-state index is -0.684. The van der Waals surface area contributed by atoms with Gasteiger partial charge in [-0.2, -0.15) is 0 Å². The number of aliphatic hydroxyl groups excluding tert-OH is 1. The lowest BCUT2D eigenvalue weighted by Gasteiger charge is -2.28. The van der Waals surface area contributed by atoms with Gasteiger partial charge in [-0.1, -0.05) is 23.7 Å². The molecular weight excluding hydrogens is 462 g/mol. The summed E-state index contributed by atoms with van der Waals surface area (Å²) in [6.45, 7) is 5.37. The fourth-order valence-electron chi connectivity index (χ4n) is 3.57. The zero-order chi connectivity index (χ0) is 23.4. The lowest BCUT2D eigenvalue weighted by Crippen LogP contribution is -2.39. The standard InChI is InChI=1S/C24H26ClN3O4S/c1-15(2)28(10-18(29)12-31-13-19-4-3-9-32-19)11-21-26-23(30)22-20(14-33-24(22)27-21)16-5-7-17(25)8-6-16/h3-9,14-15,18,29H,10-13H2,1-2H3,(H,26,27,30). The highest BCUT2D eigenvalue weighted by atomic mass is 35.5. The molecule has 7 nitrogen and oxygen atoms in total. The van der Waals surface area contributed by atoms with Crippen LogP contribution in [-0.2, 0) is 17.9 Å². The number of fused-ring (bicyclic) bond motifs is 1. The van der Waals surface area contributed by atoms with Gasteiger partial charge in [-0.05, 0) is 43.7 Å². The van der Waals surface area contributed by atoms with Crippen molar-refractivity contribution in [3.63, 3.8) is 0 Å². The minimum absolute atomic E-state index is 0.138. The number of aliphatic hydroxyl groups is 1. The van der Waals surface area contributed by atoms with Crippen LogP contribution in [0.3, 0.4) is 0 Å². The predicted octanol–water partition coefficient (Wildman–Crippen LogP) is 4.69. The van der Waals surface area contributed by atoms with Crippen molar-refractivity contribution < 1.29 is 14.3 Å². The smallest absolute Gasteiger partial charge is 0.260 e. The molecule has 3 heterocycles. The van der Waals surface area contributed by atoms with Crippen LogP contribution in [0.15, 0.2) is 57.3 Å². The van der Waals surface area contributed by atoms with E-state index in [-0.39, 0.29) is 18.2 Å². The summed E-state index contributed by atoms with van der Waals surface area (Å²) >= 11 is 7.43. The van der Waals surface area contributed by atoms with Crippen LogP contribution in [-0.4, -0.2) is 45.3 Å². The van der Waals surface area contributed by atoms with Gasteiger partial charge in [0.1, 0.15) is 23.0 Å². The second kappa shape index (κ2) is 10.6. The number of aromatic nitrogens is 2. The largest absolute Gasteiger partial charge is 0.467 e. The van der Waals surface area contributed by atoms with Crippen LogP contribution in [0.2, 0.25) is 5.02 Å². The van der Waals surface area contributed by atoms with Crippen molar-refractivity contribution >= 4 is 33.2 Å². The molecule has 0 saturated heterocycles. The molecule has 0 bridgehead atoms. The third-order valence-corrected chi connectivity index (χ3v) is 6.44. The average molecular weight is 488 g/mol. The van der Waals surface area contributed by atoms with Crippen LogP contribution in [0.25, 0.3) is 21.3 Å². The van der Waals surface area contributed by atoms with E-state index in [2.05, 4.69) is 9.88 Å². The van der Waals surface area contributed by atoms with E-state index < -0.39 is 6.10 Å². The summed E-state index contributed by atoms with van der Waals surface area (Å²) < 4.78 is 10.8. The molecule has 0 fully saturated rings. The van der Waals surface area contributed by atoms with Gasteiger partial charge in [0.2, 0.25) is 0 Å². The van der Waals surface area contributed by atoms with Crippen LogP contribution >= 0.6 is 22.9 Å². The molecule has 0 saturated carbocycles. The molecule has 1 aromatic carbocycles. The first kappa shape index (κ1) is 23.7. The lowest BCUT2D eigenvalue weighted by molar-refractivity contribution is -0.00158. The Morgan fingerprint density at radius 1 is 1.27 bits per heavy atom. The van der Waals surface area contributed by atoms with E-state index in [0.29, 0.717) is 46.5 Å². The van der Waals surface area contributed by atoms with Crippen molar-refractivity contribution in [3.8, 4) is 11.1 Å². The molecule has 0 radical (unpaired) electrons. The SMILES string of the molecule is CC(C)N(Cc1nc2scc(-c3ccc(Cl)cc3)c2c(=O)[nH]1)CC(O)COCc1ccco1. The van der Waals surface area contributed by atoms with Gasteiger partial charge in [-0.25, -0.2) is 4.98 Å². The first-order valence-electron chi connectivity index (χ1n) is 10.7. The molecule has 174 valence electrons. The third kappa shape index (κ3) is 5.90. The number of hydrogen-bond donors (Lipinski definition) is 2. The van der Waals surface area contributed by atoms with Crippen molar-refractivity contribution in [1.82, 2.24) is 14.9 Å². The fourth-order valence-corrected chi connectivity index (χ4v) is 4.67. The highest BCUT2D eigenvalue weighted by Gasteiger charge is 2.19. The number of thiophene rings is 1. The fraction of sp³-hybridized carbons (Fsp3) is 0.333. The van der Waals surface area contributed by atoms with Crippen molar-refractivity contribution in [2.45, 2.75) is 39.1 Å². The molecule has 0 aliphatic carbocycles. The Balaban J connectivity index is 1.45. The van der Waals surface area contributed by atoms with E-state index >= 15 is 0 Å². The lowest BCUT2D eigenvalue weighted by atomic mass is 10.1. The van der Waals surface area contributed by atoms with Gasteiger partial charge < -0.3 is 19.2 Å². The summed E-state index contributed by atoms with van der Waals surface area (Å²) in [7, 11) is 0. The van der Waals surface area contributed by atoms with Crippen LogP contribution in [0.5, 0.6) is 0 Å². The molecule has 0 spiro atoms. The quantitative estimate of drug-likeness (QED) is 0.337. The Kier molecular flexibility index (Phi) is 7.62. The monoisotopic (exact) mass is 487 g/mol. The zero-order valence-corrected chi connectivity index (χ0v) is 20.0. The number of H-pyrrole nitrogens is 1. The first-order chi connectivity index (χ1) is 15.9. The second-order valence-electron chi connectivity index (χ2n) is 8.12. The maximum Gasteiger partial charge on any atom is 0.260 e. The number of ether oxygens (including phenoxy) is 1. The maximum absolute atomic E-state index is 12.9. The zero-order valence-electron chi connectivity index (χ0n) is 18.5. The van der Waals surface area contributed by atoms with Crippen LogP contribution in [0, 0.1) is 0 Å². The second-order valence-corrected chi connectivity index (χ2v) is 9.42. The summed E-state index contributed by atoms with van der Waals surface area (Å²) in [4.78, 5) is 23.3. The summed E-state index contributed by atoms with van der Waals surface area (Å²) in [5.41, 5.74) is 1.59. The molecule has 0 aliphatic rings. The Morgan fingerprint density at radius 2 is 2.06 bits per heavy atom. The summed E-state index contributed by atoms with van der Waals surface area (Å²) in [5, 5.41) is 13.6. The average Bonchev–Trinajstić information content (AvgIpc) is 3.44. The van der Waals surface area contributed by atoms with Crippen LogP contribution in [0.4, 0.5) is 0 Å². The van der Waals surface area contributed by atoms with E-state index in [1.54, 1.807) is 24.5 Å². The van der Waals surface area contributed by atoms with Gasteiger partial charge in [0.05, 0.1) is 30.9 Å². The van der Waals surface area contributed by atoms with Crippen molar-refractivity contribution in [1.29, 1.82) is 0 Å². The first-order valence-corrected chi connectivity index (χ1v) is 11.9. The van der Waals surface area contributed by atoms with Gasteiger partial charge >= 0.3 is 0 Å². The van der Waals surface area contributed by atoms with Gasteiger partial charge in [-0.3, -0.25) is 9.69 Å². The Morgan fingerprint density at radius 3 is 2.76 bits per heavy atom. The Bertz CT molecular complexity index is 1240. The Hall–Kier alpha value is -2.49. The minimum Gasteiger partial charge on any atom is -0.467 e. The van der Waals surface area contributed by atoms with Crippen LogP contribution < -0.4 is 5.56 Å². The molecule has 3 aromatic heterocycles. The van der Waals surface area contributed by atoms with Crippen molar-refractivity contribution in [2.24, 2.45) is 0 Å². The summed E-state index contributed by atoms with van der Waals surface area (Å²) in [6.07, 6.45) is 0.905. The number of nitrogens with zero attached hydrogens (tertiary/aromatic N) is 2. The predicted molar refractivity (Wildman–Crippen MR) is 131 cm³/mol. The highest BCUT2D eigenvalue weighted by molar-refractivity contribution is 7.17. The van der Waals surface area contributed by atoms with E-state index in [1.165, 1.54) is 11.3 Å². The maximum atomic E-state index is 12.9. The molecule has 0 aliphatic heterocycles. The normalized spacial score (nSPS) is 12.8. The van der Waals surface area contributed by atoms with Gasteiger partial charge in [0.25, 0.3) is 5.56 Å². The molecule has 9 heteroatoms. The highest BCUT2D eigenvalue weighted by Crippen LogP contribution is 2.31. The molecule has 4 aromatic rings. The number of benzene rings is 1. The number of hydrogen-bond acceptors (Lipinski definition) is 7. The molecule has 1 unspecified atom stereocenters. The van der Waals surface area contributed by atoms with Crippen molar-refractivity contribution in [2.75, 3.05) is 13.2 Å². The van der Waals surface area contributed by atoms with Crippen molar-refractivity contribution in [3.05, 3.63) is 75.0 Å². The molecule has 1 atom stereocenters. The molecular formula is C24H26ClN3O4S. The molecule has 2 N–H and O–H groups in total. The van der Waals surface area contributed by atoms with Crippen LogP contribution in [0.1, 0.15) is 25.4 Å². The van der Waals surface area contributed by atoms with E-state index in [4.69, 9.17) is 25.7 Å². The topological polar surface area (TPSA) is 91.6 Å². The number of furan rings is 1. The third-order valence-electron chi connectivity index (χ3n) is 5.31. The number of rotatable bonds is 10. The van der Waals surface area contributed by atoms with E-state index in [9.17, 15) is 9.90 Å². The van der Waals surface area contributed by atoms with E-state index in [0.717, 1.165) is 11.1 Å². The Labute approximate surface area is 200 Å². The summed E-state index contributed by atoms with van der Waals surface area (Å²) in [5.74, 6) is 1.28. The number of aromatic amines is 1. The molecule has 33 heavy (non-hydrogen) atoms. The number of halogens is 1. The number of nitrogens with one attached hydrogen (secondary N) is 1. The van der Waals surface area contributed by atoms with E-state index in [1.807, 2.05) is 37.4 Å². The van der Waals surface area contributed by atoms with Gasteiger partial charge in [0, 0.05) is 28.6 Å². The molecule has 0 amide bonds. The van der Waals surface area contributed by atoms with Gasteiger partial charge in [0.15, 0.2) is 0 Å². The van der Waals surface area contributed by atoms with Gasteiger partial charge in [-0.15, -0.1) is 11.3 Å².